The SMILES string of the molecule is Cc1c[nH]c2c1C(=O)CC(CO)C2. The minimum atomic E-state index is 0.100. The highest BCUT2D eigenvalue weighted by Crippen LogP contribution is 2.26. The lowest BCUT2D eigenvalue weighted by molar-refractivity contribution is 0.0917. The molecule has 2 N–H and O–H groups in total. The van der Waals surface area contributed by atoms with Gasteiger partial charge in [-0.25, -0.2) is 0 Å². The molecule has 0 saturated carbocycles. The van der Waals surface area contributed by atoms with Gasteiger partial charge in [-0.1, -0.05) is 0 Å². The van der Waals surface area contributed by atoms with Gasteiger partial charge in [0.15, 0.2) is 5.78 Å². The molecule has 70 valence electrons. The van der Waals surface area contributed by atoms with E-state index in [-0.39, 0.29) is 18.3 Å². The zero-order valence-corrected chi connectivity index (χ0v) is 7.63. The summed E-state index contributed by atoms with van der Waals surface area (Å²) in [6.45, 7) is 2.04. The van der Waals surface area contributed by atoms with Gasteiger partial charge in [0.2, 0.25) is 0 Å². The van der Waals surface area contributed by atoms with Crippen molar-refractivity contribution in [3.63, 3.8) is 0 Å². The molecule has 1 unspecified atom stereocenters. The summed E-state index contributed by atoms with van der Waals surface area (Å²) in [5.41, 5.74) is 2.87. The Morgan fingerprint density at radius 1 is 1.62 bits per heavy atom. The molecule has 3 nitrogen and oxygen atoms in total. The lowest BCUT2D eigenvalue weighted by Crippen LogP contribution is -2.22. The molecule has 1 aromatic rings. The average Bonchev–Trinajstić information content (AvgIpc) is 2.48. The molecular weight excluding hydrogens is 166 g/mol. The van der Waals surface area contributed by atoms with Crippen LogP contribution in [0.5, 0.6) is 0 Å². The summed E-state index contributed by atoms with van der Waals surface area (Å²) in [4.78, 5) is 14.7. The fraction of sp³-hybridized carbons (Fsp3) is 0.500. The zero-order chi connectivity index (χ0) is 9.42. The van der Waals surface area contributed by atoms with Crippen molar-refractivity contribution in [1.29, 1.82) is 0 Å². The lowest BCUT2D eigenvalue weighted by atomic mass is 9.86. The molecule has 1 aromatic heterocycles. The van der Waals surface area contributed by atoms with Crippen molar-refractivity contribution in [2.45, 2.75) is 19.8 Å². The fourth-order valence-electron chi connectivity index (χ4n) is 1.98. The zero-order valence-electron chi connectivity index (χ0n) is 7.63. The maximum Gasteiger partial charge on any atom is 0.165 e. The third-order valence-corrected chi connectivity index (χ3v) is 2.66. The van der Waals surface area contributed by atoms with E-state index in [1.165, 1.54) is 0 Å². The molecule has 0 bridgehead atoms. The molecule has 0 aliphatic heterocycles. The first kappa shape index (κ1) is 8.51. The van der Waals surface area contributed by atoms with E-state index >= 15 is 0 Å². The van der Waals surface area contributed by atoms with Gasteiger partial charge in [-0.15, -0.1) is 0 Å². The number of hydrogen-bond acceptors (Lipinski definition) is 2. The molecule has 0 fully saturated rings. The highest BCUT2D eigenvalue weighted by molar-refractivity contribution is 5.99. The first-order valence-electron chi connectivity index (χ1n) is 4.53. The molecule has 0 amide bonds. The van der Waals surface area contributed by atoms with Crippen LogP contribution in [0.2, 0.25) is 0 Å². The van der Waals surface area contributed by atoms with Gasteiger partial charge >= 0.3 is 0 Å². The molecule has 0 saturated heterocycles. The molecule has 0 aromatic carbocycles. The molecule has 1 heterocycles. The molecule has 1 aliphatic rings. The van der Waals surface area contributed by atoms with E-state index in [2.05, 4.69) is 4.98 Å². The highest BCUT2D eigenvalue weighted by Gasteiger charge is 2.26. The minimum absolute atomic E-state index is 0.100. The molecular formula is C10H13NO2. The van der Waals surface area contributed by atoms with Crippen LogP contribution in [0, 0.1) is 12.8 Å². The summed E-state index contributed by atoms with van der Waals surface area (Å²) in [7, 11) is 0. The Morgan fingerprint density at radius 3 is 3.08 bits per heavy atom. The number of aliphatic hydroxyl groups is 1. The van der Waals surface area contributed by atoms with Crippen LogP contribution in [0.4, 0.5) is 0 Å². The summed E-state index contributed by atoms with van der Waals surface area (Å²) in [6.07, 6.45) is 3.15. The Bertz CT molecular complexity index is 341. The maximum absolute atomic E-state index is 11.6. The molecule has 0 spiro atoms. The van der Waals surface area contributed by atoms with E-state index in [0.717, 1.165) is 23.2 Å². The van der Waals surface area contributed by atoms with Gasteiger partial charge in [-0.2, -0.15) is 0 Å². The van der Waals surface area contributed by atoms with Crippen molar-refractivity contribution in [3.05, 3.63) is 23.0 Å². The van der Waals surface area contributed by atoms with Gasteiger partial charge in [0.1, 0.15) is 0 Å². The van der Waals surface area contributed by atoms with Crippen LogP contribution < -0.4 is 0 Å². The number of aryl methyl sites for hydroxylation is 1. The highest BCUT2D eigenvalue weighted by atomic mass is 16.3. The average molecular weight is 179 g/mol. The Balaban J connectivity index is 2.39. The summed E-state index contributed by atoms with van der Waals surface area (Å²) in [5.74, 6) is 0.275. The Labute approximate surface area is 76.8 Å². The first-order chi connectivity index (χ1) is 6.22. The number of carbonyl (C=O) groups is 1. The number of aromatic nitrogens is 1. The number of fused-ring (bicyclic) bond motifs is 1. The maximum atomic E-state index is 11.6. The third-order valence-electron chi connectivity index (χ3n) is 2.66. The second kappa shape index (κ2) is 3.00. The predicted molar refractivity (Wildman–Crippen MR) is 48.8 cm³/mol. The minimum Gasteiger partial charge on any atom is -0.396 e. The fourth-order valence-corrected chi connectivity index (χ4v) is 1.98. The molecule has 0 radical (unpaired) electrons. The molecule has 3 heteroatoms. The number of carbonyl (C=O) groups excluding carboxylic acids is 1. The number of nitrogens with one attached hydrogen (secondary N) is 1. The molecule has 1 aliphatic carbocycles. The topological polar surface area (TPSA) is 53.1 Å². The van der Waals surface area contributed by atoms with E-state index in [4.69, 9.17) is 5.11 Å². The van der Waals surface area contributed by atoms with Gasteiger partial charge in [0.05, 0.1) is 0 Å². The van der Waals surface area contributed by atoms with Gasteiger partial charge in [0, 0.05) is 30.5 Å². The second-order valence-electron chi connectivity index (χ2n) is 3.71. The van der Waals surface area contributed by atoms with Crippen LogP contribution in [0.15, 0.2) is 6.20 Å². The monoisotopic (exact) mass is 179 g/mol. The normalized spacial score (nSPS) is 21.7. The van der Waals surface area contributed by atoms with E-state index in [1.54, 1.807) is 0 Å². The summed E-state index contributed by atoms with van der Waals surface area (Å²) < 4.78 is 0. The van der Waals surface area contributed by atoms with Crippen molar-refractivity contribution >= 4 is 5.78 Å². The van der Waals surface area contributed by atoms with E-state index in [9.17, 15) is 4.79 Å². The summed E-state index contributed by atoms with van der Waals surface area (Å²) in [6, 6.07) is 0. The van der Waals surface area contributed by atoms with Gasteiger partial charge < -0.3 is 10.1 Å². The van der Waals surface area contributed by atoms with Crippen molar-refractivity contribution in [3.8, 4) is 0 Å². The second-order valence-corrected chi connectivity index (χ2v) is 3.71. The predicted octanol–water partition coefficient (Wildman–Crippen LogP) is 1.06. The van der Waals surface area contributed by atoms with Crippen molar-refractivity contribution in [2.75, 3.05) is 6.61 Å². The number of aromatic amines is 1. The van der Waals surface area contributed by atoms with E-state index in [1.807, 2.05) is 13.1 Å². The van der Waals surface area contributed by atoms with Crippen LogP contribution >= 0.6 is 0 Å². The van der Waals surface area contributed by atoms with Crippen LogP contribution in [-0.4, -0.2) is 22.5 Å². The molecule has 13 heavy (non-hydrogen) atoms. The number of Topliss-reactive ketones (excluding diaryl/α,β-unsaturated/α-hetero) is 1. The van der Waals surface area contributed by atoms with Gasteiger partial charge in [-0.05, 0) is 24.8 Å². The number of ketones is 1. The lowest BCUT2D eigenvalue weighted by Gasteiger charge is -2.19. The van der Waals surface area contributed by atoms with Crippen LogP contribution in [0.1, 0.15) is 28.0 Å². The first-order valence-corrected chi connectivity index (χ1v) is 4.53. The Hall–Kier alpha value is -1.09. The number of rotatable bonds is 1. The van der Waals surface area contributed by atoms with Crippen molar-refractivity contribution in [1.82, 2.24) is 4.98 Å². The van der Waals surface area contributed by atoms with Crippen molar-refractivity contribution < 1.29 is 9.90 Å². The number of aliphatic hydroxyl groups excluding tert-OH is 1. The standard InChI is InChI=1S/C10H13NO2/c1-6-4-11-8-2-7(5-12)3-9(13)10(6)8/h4,7,11-12H,2-3,5H2,1H3. The summed E-state index contributed by atoms with van der Waals surface area (Å²) >= 11 is 0. The molecule has 1 atom stereocenters. The van der Waals surface area contributed by atoms with Gasteiger partial charge in [0.25, 0.3) is 0 Å². The summed E-state index contributed by atoms with van der Waals surface area (Å²) in [5, 5.41) is 8.98. The number of H-pyrrole nitrogens is 1. The van der Waals surface area contributed by atoms with Crippen LogP contribution in [0.25, 0.3) is 0 Å². The molecule has 2 rings (SSSR count). The third kappa shape index (κ3) is 1.29. The van der Waals surface area contributed by atoms with Crippen LogP contribution in [-0.2, 0) is 6.42 Å². The van der Waals surface area contributed by atoms with Gasteiger partial charge in [-0.3, -0.25) is 4.79 Å². The van der Waals surface area contributed by atoms with Crippen LogP contribution in [0.3, 0.4) is 0 Å². The van der Waals surface area contributed by atoms with Crippen molar-refractivity contribution in [2.24, 2.45) is 5.92 Å². The Kier molecular flexibility index (Phi) is 1.96. The van der Waals surface area contributed by atoms with E-state index in [0.29, 0.717) is 6.42 Å². The largest absolute Gasteiger partial charge is 0.396 e. The quantitative estimate of drug-likeness (QED) is 0.677. The Morgan fingerprint density at radius 2 is 2.38 bits per heavy atom. The number of hydrogen-bond donors (Lipinski definition) is 2. The van der Waals surface area contributed by atoms with E-state index < -0.39 is 0 Å². The smallest absolute Gasteiger partial charge is 0.165 e.